The Labute approximate surface area is 203 Å². The molecule has 0 unspecified atom stereocenters. The van der Waals surface area contributed by atoms with Crippen LogP contribution in [0.3, 0.4) is 0 Å². The number of hydrogen-bond acceptors (Lipinski definition) is 0. The summed E-state index contributed by atoms with van der Waals surface area (Å²) in [7, 11) is 0. The van der Waals surface area contributed by atoms with E-state index in [4.69, 9.17) is 0 Å². The van der Waals surface area contributed by atoms with Gasteiger partial charge in [-0.05, 0) is 0 Å². The van der Waals surface area contributed by atoms with Crippen LogP contribution in [0.15, 0.2) is 72.8 Å². The van der Waals surface area contributed by atoms with Gasteiger partial charge in [0, 0.05) is 0 Å². The van der Waals surface area contributed by atoms with Crippen molar-refractivity contribution in [3.8, 4) is 0 Å². The van der Waals surface area contributed by atoms with E-state index < -0.39 is 13.3 Å². The first-order valence-corrected chi connectivity index (χ1v) is 16.1. The quantitative estimate of drug-likeness (QED) is 0.328. The maximum atomic E-state index is 2.50. The van der Waals surface area contributed by atoms with E-state index in [1.165, 1.54) is 44.5 Å². The van der Waals surface area contributed by atoms with Gasteiger partial charge in [0.05, 0.1) is 0 Å². The van der Waals surface area contributed by atoms with Crippen LogP contribution in [0.1, 0.15) is 44.5 Å². The molecule has 0 N–H and O–H groups in total. The van der Waals surface area contributed by atoms with Gasteiger partial charge in [0.25, 0.3) is 0 Å². The molecule has 4 aromatic rings. The van der Waals surface area contributed by atoms with Gasteiger partial charge in [-0.15, -0.1) is 0 Å². The molecule has 1 heteroatoms. The van der Waals surface area contributed by atoms with E-state index in [2.05, 4.69) is 128 Å². The second kappa shape index (κ2) is 8.99. The van der Waals surface area contributed by atoms with Crippen LogP contribution in [0.25, 0.3) is 0 Å². The molecule has 0 radical (unpaired) electrons. The molecule has 0 nitrogen and oxygen atoms in total. The fourth-order valence-corrected chi connectivity index (χ4v) is 18.5. The summed E-state index contributed by atoms with van der Waals surface area (Å²) >= 11 is -3.37. The van der Waals surface area contributed by atoms with Crippen molar-refractivity contribution < 1.29 is 0 Å². The van der Waals surface area contributed by atoms with Gasteiger partial charge in [0.15, 0.2) is 0 Å². The molecule has 0 spiro atoms. The van der Waals surface area contributed by atoms with Crippen molar-refractivity contribution >= 4 is 30.8 Å². The Morgan fingerprint density at radius 1 is 0.333 bits per heavy atom. The van der Waals surface area contributed by atoms with Gasteiger partial charge in [-0.1, -0.05) is 0 Å². The Balaban J connectivity index is 2.35. The summed E-state index contributed by atoms with van der Waals surface area (Å²) in [5.74, 6) is 0. The van der Waals surface area contributed by atoms with Gasteiger partial charge in [-0.25, -0.2) is 0 Å². The summed E-state index contributed by atoms with van der Waals surface area (Å²) in [6.07, 6.45) is 0. The third-order valence-electron chi connectivity index (χ3n) is 7.19. The monoisotopic (exact) mass is 494 g/mol. The van der Waals surface area contributed by atoms with Crippen LogP contribution in [0.5, 0.6) is 0 Å². The Bertz CT molecular complexity index is 1130. The molecule has 0 aliphatic heterocycles. The summed E-state index contributed by atoms with van der Waals surface area (Å²) in [5, 5.41) is 0. The zero-order chi connectivity index (χ0) is 23.9. The molecule has 33 heavy (non-hydrogen) atoms. The molecule has 168 valence electrons. The van der Waals surface area contributed by atoms with E-state index >= 15 is 0 Å². The second-order valence-corrected chi connectivity index (χ2v) is 17.7. The van der Waals surface area contributed by atoms with Gasteiger partial charge in [0.2, 0.25) is 0 Å². The average Bonchev–Trinajstić information content (AvgIpc) is 2.77. The summed E-state index contributed by atoms with van der Waals surface area (Å²) in [5.41, 5.74) is 11.0. The molecule has 0 saturated carbocycles. The predicted molar refractivity (Wildman–Crippen MR) is 148 cm³/mol. The van der Waals surface area contributed by atoms with Crippen molar-refractivity contribution in [2.75, 3.05) is 0 Å². The van der Waals surface area contributed by atoms with Crippen molar-refractivity contribution in [1.29, 1.82) is 0 Å². The van der Waals surface area contributed by atoms with E-state index in [1.807, 2.05) is 0 Å². The fraction of sp³-hybridized carbons (Fsp3) is 0.250. The van der Waals surface area contributed by atoms with Gasteiger partial charge in [-0.2, -0.15) is 0 Å². The molecule has 0 heterocycles. The number of hydrogen-bond donors (Lipinski definition) is 0. The van der Waals surface area contributed by atoms with Crippen LogP contribution in [-0.2, 0) is 0 Å². The SMILES string of the molecule is Cc1ccc(C)[c]([Ge]([c]2cc(C)ccc2C)([c]2cc(C)ccc2C)[c]2cc(C)ccc2C)c1. The van der Waals surface area contributed by atoms with E-state index in [0.29, 0.717) is 0 Å². The van der Waals surface area contributed by atoms with Crippen LogP contribution >= 0.6 is 0 Å². The van der Waals surface area contributed by atoms with Crippen molar-refractivity contribution in [1.82, 2.24) is 0 Å². The van der Waals surface area contributed by atoms with E-state index in [1.54, 1.807) is 17.6 Å². The molecule has 0 aliphatic rings. The molecule has 4 rings (SSSR count). The molecule has 0 amide bonds. The average molecular weight is 493 g/mol. The third kappa shape index (κ3) is 4.10. The zero-order valence-corrected chi connectivity index (χ0v) is 23.5. The number of rotatable bonds is 4. The Morgan fingerprint density at radius 2 is 0.545 bits per heavy atom. The summed E-state index contributed by atoms with van der Waals surface area (Å²) in [6.45, 7) is 18.2. The minimum absolute atomic E-state index is 1.34. The third-order valence-corrected chi connectivity index (χ3v) is 18.5. The first-order chi connectivity index (χ1) is 15.6. The molecule has 0 atom stereocenters. The number of benzene rings is 4. The van der Waals surface area contributed by atoms with Crippen molar-refractivity contribution in [2.24, 2.45) is 0 Å². The Hall–Kier alpha value is -2.58. The first kappa shape index (κ1) is 23.6. The molecule has 0 saturated heterocycles. The molecule has 0 bridgehead atoms. The topological polar surface area (TPSA) is 0 Å². The van der Waals surface area contributed by atoms with Crippen molar-refractivity contribution in [3.63, 3.8) is 0 Å². The zero-order valence-electron chi connectivity index (χ0n) is 21.4. The van der Waals surface area contributed by atoms with Crippen LogP contribution in [0.2, 0.25) is 0 Å². The second-order valence-electron chi connectivity index (χ2n) is 10.0. The predicted octanol–water partition coefficient (Wildman–Crippen LogP) is 5.53. The standard InChI is InChI=1S/C32H36Ge/c1-21-9-13-25(5)29(17-21)33(30-18-22(2)10-14-26(30)6,31-19-23(3)11-15-27(31)7)32-20-24(4)12-16-28(32)8/h9-20H,1-8H3. The van der Waals surface area contributed by atoms with E-state index in [-0.39, 0.29) is 0 Å². The van der Waals surface area contributed by atoms with E-state index in [9.17, 15) is 0 Å². The van der Waals surface area contributed by atoms with Crippen LogP contribution in [0, 0.1) is 55.4 Å². The summed E-state index contributed by atoms with van der Waals surface area (Å²) < 4.78 is 6.24. The molecular formula is C32H36Ge. The van der Waals surface area contributed by atoms with Gasteiger partial charge in [0.1, 0.15) is 0 Å². The van der Waals surface area contributed by atoms with E-state index in [0.717, 1.165) is 0 Å². The normalized spacial score (nSPS) is 11.6. The van der Waals surface area contributed by atoms with Gasteiger partial charge >= 0.3 is 204 Å². The van der Waals surface area contributed by atoms with Crippen molar-refractivity contribution in [2.45, 2.75) is 55.4 Å². The van der Waals surface area contributed by atoms with Gasteiger partial charge in [-0.3, -0.25) is 0 Å². The molecule has 0 aromatic heterocycles. The summed E-state index contributed by atoms with van der Waals surface area (Å²) in [6, 6.07) is 28.4. The van der Waals surface area contributed by atoms with Crippen molar-refractivity contribution in [3.05, 3.63) is 117 Å². The Kier molecular flexibility index (Phi) is 6.42. The van der Waals surface area contributed by atoms with Crippen LogP contribution in [0.4, 0.5) is 0 Å². The maximum absolute atomic E-state index is 3.37. The van der Waals surface area contributed by atoms with Gasteiger partial charge < -0.3 is 0 Å². The molecule has 4 aromatic carbocycles. The molecule has 0 fully saturated rings. The minimum atomic E-state index is -3.37. The summed E-state index contributed by atoms with van der Waals surface area (Å²) in [4.78, 5) is 0. The molecular weight excluding hydrogens is 457 g/mol. The van der Waals surface area contributed by atoms with Crippen LogP contribution < -0.4 is 17.6 Å². The molecule has 0 aliphatic carbocycles. The Morgan fingerprint density at radius 3 is 0.758 bits per heavy atom. The fourth-order valence-electron chi connectivity index (χ4n) is 5.43. The number of aryl methyl sites for hydroxylation is 8. The van der Waals surface area contributed by atoms with Crippen LogP contribution in [-0.4, -0.2) is 13.3 Å². The first-order valence-electron chi connectivity index (χ1n) is 12.0.